The Bertz CT molecular complexity index is 906. The summed E-state index contributed by atoms with van der Waals surface area (Å²) < 4.78 is 21.4. The number of carbonyl (C=O) groups is 1. The number of carbonyl (C=O) groups excluding carboxylic acids is 1. The fourth-order valence-corrected chi connectivity index (χ4v) is 3.48. The average molecular weight is 428 g/mol. The summed E-state index contributed by atoms with van der Waals surface area (Å²) in [6.07, 6.45) is 6.76. The van der Waals surface area contributed by atoms with Crippen molar-refractivity contribution in [2.75, 3.05) is 38.8 Å². The number of piperidine rings is 1. The number of aromatic nitrogens is 2. The predicted molar refractivity (Wildman–Crippen MR) is 118 cm³/mol. The molecule has 0 spiro atoms. The van der Waals surface area contributed by atoms with Crippen molar-refractivity contribution in [3.05, 3.63) is 47.5 Å². The number of aryl methyl sites for hydroxylation is 1. The molecule has 0 aromatic carbocycles. The Morgan fingerprint density at radius 1 is 1.26 bits per heavy atom. The number of ether oxygens (including phenoxy) is 4. The van der Waals surface area contributed by atoms with Crippen LogP contribution in [-0.4, -0.2) is 56.0 Å². The van der Waals surface area contributed by atoms with Gasteiger partial charge in [0.2, 0.25) is 5.88 Å². The van der Waals surface area contributed by atoms with Gasteiger partial charge in [-0.2, -0.15) is 0 Å². The SMILES string of the molecule is CCO/C=C/c1nc(N2CCC(Oc3ccc(OC)nc3)CC2)c(C)cc1C(=O)OC. The van der Waals surface area contributed by atoms with Crippen molar-refractivity contribution < 1.29 is 23.7 Å². The maximum absolute atomic E-state index is 12.2. The number of rotatable bonds is 8. The molecule has 0 radical (unpaired) electrons. The van der Waals surface area contributed by atoms with Gasteiger partial charge in [-0.05, 0) is 37.6 Å². The molecule has 1 saturated heterocycles. The summed E-state index contributed by atoms with van der Waals surface area (Å²) in [5.41, 5.74) is 1.88. The van der Waals surface area contributed by atoms with Gasteiger partial charge in [-0.1, -0.05) is 0 Å². The van der Waals surface area contributed by atoms with Gasteiger partial charge in [-0.3, -0.25) is 0 Å². The van der Waals surface area contributed by atoms with E-state index in [0.717, 1.165) is 43.1 Å². The van der Waals surface area contributed by atoms with Crippen molar-refractivity contribution in [1.29, 1.82) is 0 Å². The van der Waals surface area contributed by atoms with E-state index >= 15 is 0 Å². The van der Waals surface area contributed by atoms with Crippen molar-refractivity contribution in [2.45, 2.75) is 32.8 Å². The number of methoxy groups -OCH3 is 2. The van der Waals surface area contributed by atoms with Crippen molar-refractivity contribution in [3.63, 3.8) is 0 Å². The summed E-state index contributed by atoms with van der Waals surface area (Å²) in [6.45, 7) is 5.99. The molecular weight excluding hydrogens is 398 g/mol. The third-order valence-electron chi connectivity index (χ3n) is 5.07. The minimum absolute atomic E-state index is 0.110. The number of hydrogen-bond donors (Lipinski definition) is 0. The van der Waals surface area contributed by atoms with Crippen LogP contribution in [0.25, 0.3) is 6.08 Å². The van der Waals surface area contributed by atoms with Gasteiger partial charge in [0.25, 0.3) is 0 Å². The number of esters is 1. The van der Waals surface area contributed by atoms with Gasteiger partial charge >= 0.3 is 5.97 Å². The van der Waals surface area contributed by atoms with Gasteiger partial charge in [-0.25, -0.2) is 14.8 Å². The van der Waals surface area contributed by atoms with Crippen LogP contribution in [-0.2, 0) is 9.47 Å². The third-order valence-corrected chi connectivity index (χ3v) is 5.07. The lowest BCUT2D eigenvalue weighted by atomic mass is 10.1. The van der Waals surface area contributed by atoms with Crippen LogP contribution in [0.2, 0.25) is 0 Å². The Kier molecular flexibility index (Phi) is 7.70. The van der Waals surface area contributed by atoms with E-state index in [-0.39, 0.29) is 6.10 Å². The summed E-state index contributed by atoms with van der Waals surface area (Å²) in [6, 6.07) is 5.48. The Balaban J connectivity index is 1.71. The lowest BCUT2D eigenvalue weighted by Crippen LogP contribution is -2.39. The van der Waals surface area contributed by atoms with E-state index in [4.69, 9.17) is 23.9 Å². The zero-order valence-corrected chi connectivity index (χ0v) is 18.5. The third kappa shape index (κ3) is 5.65. The van der Waals surface area contributed by atoms with Crippen LogP contribution in [0, 0.1) is 6.92 Å². The van der Waals surface area contributed by atoms with Crippen LogP contribution in [0.1, 0.15) is 41.4 Å². The number of pyridine rings is 2. The van der Waals surface area contributed by atoms with E-state index in [1.54, 1.807) is 31.7 Å². The fraction of sp³-hybridized carbons (Fsp3) is 0.435. The molecule has 31 heavy (non-hydrogen) atoms. The molecule has 1 aliphatic rings. The zero-order valence-electron chi connectivity index (χ0n) is 18.5. The molecule has 8 nitrogen and oxygen atoms in total. The van der Waals surface area contributed by atoms with E-state index in [1.807, 2.05) is 26.0 Å². The summed E-state index contributed by atoms with van der Waals surface area (Å²) in [7, 11) is 2.95. The molecule has 0 atom stereocenters. The van der Waals surface area contributed by atoms with E-state index in [1.165, 1.54) is 7.11 Å². The largest absolute Gasteiger partial charge is 0.501 e. The van der Waals surface area contributed by atoms with Gasteiger partial charge in [0.05, 0.1) is 44.5 Å². The van der Waals surface area contributed by atoms with Crippen molar-refractivity contribution >= 4 is 17.9 Å². The molecule has 0 saturated carbocycles. The minimum atomic E-state index is -0.418. The first-order valence-corrected chi connectivity index (χ1v) is 10.4. The topological polar surface area (TPSA) is 83.0 Å². The number of hydrogen-bond acceptors (Lipinski definition) is 8. The lowest BCUT2D eigenvalue weighted by molar-refractivity contribution is 0.0600. The minimum Gasteiger partial charge on any atom is -0.501 e. The number of nitrogens with zero attached hydrogens (tertiary/aromatic N) is 3. The Morgan fingerprint density at radius 3 is 2.65 bits per heavy atom. The van der Waals surface area contributed by atoms with Crippen molar-refractivity contribution in [1.82, 2.24) is 9.97 Å². The first-order valence-electron chi connectivity index (χ1n) is 10.4. The Labute approximate surface area is 182 Å². The zero-order chi connectivity index (χ0) is 22.2. The van der Waals surface area contributed by atoms with E-state index < -0.39 is 5.97 Å². The van der Waals surface area contributed by atoms with E-state index in [9.17, 15) is 4.79 Å². The van der Waals surface area contributed by atoms with Gasteiger partial charge in [0.1, 0.15) is 17.7 Å². The summed E-state index contributed by atoms with van der Waals surface area (Å²) >= 11 is 0. The molecule has 3 heterocycles. The molecule has 0 N–H and O–H groups in total. The van der Waals surface area contributed by atoms with Gasteiger partial charge in [0, 0.05) is 32.0 Å². The van der Waals surface area contributed by atoms with Gasteiger partial charge in [0.15, 0.2) is 0 Å². The maximum Gasteiger partial charge on any atom is 0.340 e. The van der Waals surface area contributed by atoms with E-state index in [2.05, 4.69) is 9.88 Å². The molecule has 3 rings (SSSR count). The van der Waals surface area contributed by atoms with Crippen LogP contribution in [0.4, 0.5) is 5.82 Å². The van der Waals surface area contributed by atoms with Crippen LogP contribution in [0.3, 0.4) is 0 Å². The highest BCUT2D eigenvalue weighted by Gasteiger charge is 2.24. The summed E-state index contributed by atoms with van der Waals surface area (Å²) in [5.74, 6) is 1.74. The van der Waals surface area contributed by atoms with Crippen molar-refractivity contribution in [3.8, 4) is 11.6 Å². The molecule has 0 unspecified atom stereocenters. The molecule has 1 aliphatic heterocycles. The molecule has 2 aromatic rings. The summed E-state index contributed by atoms with van der Waals surface area (Å²) in [5, 5.41) is 0. The number of anilines is 1. The molecule has 0 amide bonds. The second-order valence-electron chi connectivity index (χ2n) is 7.15. The van der Waals surface area contributed by atoms with Crippen LogP contribution >= 0.6 is 0 Å². The first-order chi connectivity index (χ1) is 15.0. The van der Waals surface area contributed by atoms with Crippen LogP contribution in [0.5, 0.6) is 11.6 Å². The lowest BCUT2D eigenvalue weighted by Gasteiger charge is -2.34. The van der Waals surface area contributed by atoms with Gasteiger partial charge < -0.3 is 23.8 Å². The first kappa shape index (κ1) is 22.4. The Hall–Kier alpha value is -3.29. The molecule has 0 bridgehead atoms. The molecule has 166 valence electrons. The average Bonchev–Trinajstić information content (AvgIpc) is 2.80. The fourth-order valence-electron chi connectivity index (χ4n) is 3.48. The maximum atomic E-state index is 12.2. The van der Waals surface area contributed by atoms with Gasteiger partial charge in [-0.15, -0.1) is 0 Å². The van der Waals surface area contributed by atoms with Crippen LogP contribution < -0.4 is 14.4 Å². The molecule has 1 fully saturated rings. The monoisotopic (exact) mass is 427 g/mol. The summed E-state index contributed by atoms with van der Waals surface area (Å²) in [4.78, 5) is 23.3. The van der Waals surface area contributed by atoms with E-state index in [0.29, 0.717) is 23.7 Å². The second-order valence-corrected chi connectivity index (χ2v) is 7.15. The quantitative estimate of drug-likeness (QED) is 0.467. The smallest absolute Gasteiger partial charge is 0.340 e. The van der Waals surface area contributed by atoms with Crippen LogP contribution in [0.15, 0.2) is 30.7 Å². The van der Waals surface area contributed by atoms with Crippen molar-refractivity contribution in [2.24, 2.45) is 0 Å². The highest BCUT2D eigenvalue weighted by Crippen LogP contribution is 2.27. The Morgan fingerprint density at radius 2 is 2.03 bits per heavy atom. The molecular formula is C23H29N3O5. The predicted octanol–water partition coefficient (Wildman–Crippen LogP) is 3.64. The second kappa shape index (κ2) is 10.7. The highest BCUT2D eigenvalue weighted by atomic mass is 16.5. The molecule has 0 aliphatic carbocycles. The molecule has 2 aromatic heterocycles. The normalized spacial score (nSPS) is 14.5. The standard InChI is InChI=1S/C23H29N3O5/c1-5-30-13-10-20-19(23(27)29-4)14-16(2)22(25-20)26-11-8-17(9-12-26)31-18-6-7-21(28-3)24-15-18/h6-7,10,13-15,17H,5,8-9,11-12H2,1-4H3/b13-10+. The highest BCUT2D eigenvalue weighted by molar-refractivity contribution is 5.93. The molecule has 8 heteroatoms.